The summed E-state index contributed by atoms with van der Waals surface area (Å²) >= 11 is -2.22. The van der Waals surface area contributed by atoms with Gasteiger partial charge < -0.3 is 9.66 Å². The third kappa shape index (κ3) is 3.50. The van der Waals surface area contributed by atoms with Crippen LogP contribution < -0.4 is 0 Å². The van der Waals surface area contributed by atoms with Crippen molar-refractivity contribution in [1.82, 2.24) is 0 Å². The van der Waals surface area contributed by atoms with Crippen LogP contribution in [0.3, 0.4) is 0 Å². The molecule has 0 heterocycles. The molecule has 0 bridgehead atoms. The number of rotatable bonds is 5. The zero-order valence-electron chi connectivity index (χ0n) is 10.4. The van der Waals surface area contributed by atoms with Crippen LogP contribution >= 0.6 is 0 Å². The van der Waals surface area contributed by atoms with E-state index in [0.717, 1.165) is 11.1 Å². The van der Waals surface area contributed by atoms with Crippen molar-refractivity contribution in [3.05, 3.63) is 60.2 Å². The van der Waals surface area contributed by atoms with Gasteiger partial charge in [-0.25, -0.2) is 0 Å². The first kappa shape index (κ1) is 13.9. The smallest absolute Gasteiger partial charge is 0.0486 e. The van der Waals surface area contributed by atoms with Crippen molar-refractivity contribution in [2.75, 3.05) is 6.61 Å². The summed E-state index contributed by atoms with van der Waals surface area (Å²) in [5, 5.41) is 8.26. The molecule has 0 aliphatic heterocycles. The van der Waals surface area contributed by atoms with Gasteiger partial charge in [-0.2, -0.15) is 0 Å². The van der Waals surface area contributed by atoms with Gasteiger partial charge in [0.1, 0.15) is 0 Å². The first-order chi connectivity index (χ1) is 9.22. The third-order valence-corrected chi connectivity index (χ3v) is 3.99. The molecule has 0 aromatic heterocycles. The lowest BCUT2D eigenvalue weighted by molar-refractivity contribution is 0.285. The minimum Gasteiger partial charge on any atom is -0.772 e. The molecule has 0 amide bonds. The van der Waals surface area contributed by atoms with Gasteiger partial charge in [-0.15, -0.1) is 0 Å². The van der Waals surface area contributed by atoms with Crippen molar-refractivity contribution in [2.24, 2.45) is 0 Å². The van der Waals surface area contributed by atoms with Crippen molar-refractivity contribution >= 4 is 11.1 Å². The highest BCUT2D eigenvalue weighted by Crippen LogP contribution is 2.26. The van der Waals surface area contributed by atoms with Gasteiger partial charge in [0, 0.05) is 11.9 Å². The number of aliphatic hydroxyl groups excluding tert-OH is 1. The van der Waals surface area contributed by atoms with Crippen molar-refractivity contribution in [3.63, 3.8) is 0 Å². The molecule has 2 unspecified atom stereocenters. The van der Waals surface area contributed by atoms with Gasteiger partial charge in [0.25, 0.3) is 0 Å². The second-order valence-electron chi connectivity index (χ2n) is 4.25. The van der Waals surface area contributed by atoms with Gasteiger partial charge in [0.2, 0.25) is 0 Å². The molecule has 0 aliphatic carbocycles. The van der Waals surface area contributed by atoms with E-state index in [-0.39, 0.29) is 13.0 Å². The Hall–Kier alpha value is -1.49. The number of hydrogen-bond donors (Lipinski definition) is 1. The Balaban J connectivity index is 2.25. The molecule has 2 rings (SSSR count). The summed E-state index contributed by atoms with van der Waals surface area (Å²) in [6.07, 6.45) is 0.223. The average molecular weight is 275 g/mol. The predicted octanol–water partition coefficient (Wildman–Crippen LogP) is 2.66. The molecule has 0 fully saturated rings. The molecule has 1 N–H and O–H groups in total. The van der Waals surface area contributed by atoms with Crippen LogP contribution in [0.1, 0.15) is 17.2 Å². The maximum absolute atomic E-state index is 11.1. The fourth-order valence-corrected chi connectivity index (χ4v) is 2.69. The minimum atomic E-state index is -2.22. The standard InChI is InChI=1S/C15H16O3S/c16-11-10-15(19(17)18)14-8-6-13(7-9-14)12-4-2-1-3-5-12/h1-9,15-16H,10-11H2,(H,17,18)/p-1. The highest BCUT2D eigenvalue weighted by molar-refractivity contribution is 7.79. The van der Waals surface area contributed by atoms with E-state index >= 15 is 0 Å². The summed E-state index contributed by atoms with van der Waals surface area (Å²) in [7, 11) is 0. The summed E-state index contributed by atoms with van der Waals surface area (Å²) in [6.45, 7) is -0.140. The number of aliphatic hydroxyl groups is 1. The first-order valence-corrected chi connectivity index (χ1v) is 7.20. The van der Waals surface area contributed by atoms with E-state index < -0.39 is 16.3 Å². The molecule has 3 nitrogen and oxygen atoms in total. The Kier molecular flexibility index (Phi) is 4.85. The summed E-state index contributed by atoms with van der Waals surface area (Å²) < 4.78 is 22.3. The Labute approximate surface area is 115 Å². The lowest BCUT2D eigenvalue weighted by Gasteiger charge is -2.19. The van der Waals surface area contributed by atoms with Crippen molar-refractivity contribution in [2.45, 2.75) is 11.7 Å². The molecule has 2 aromatic rings. The molecule has 2 aromatic carbocycles. The molecule has 0 spiro atoms. The second-order valence-corrected chi connectivity index (χ2v) is 5.34. The normalized spacial score (nSPS) is 14.0. The van der Waals surface area contributed by atoms with E-state index in [2.05, 4.69) is 0 Å². The summed E-state index contributed by atoms with van der Waals surface area (Å²) in [4.78, 5) is 0. The quantitative estimate of drug-likeness (QED) is 0.853. The molecule has 2 atom stereocenters. The van der Waals surface area contributed by atoms with Gasteiger partial charge >= 0.3 is 0 Å². The predicted molar refractivity (Wildman–Crippen MR) is 75.2 cm³/mol. The van der Waals surface area contributed by atoms with Crippen LogP contribution in [0.2, 0.25) is 0 Å². The molecular formula is C15H15O3S-. The molecular weight excluding hydrogens is 260 g/mol. The van der Waals surface area contributed by atoms with Crippen LogP contribution in [0.4, 0.5) is 0 Å². The second kappa shape index (κ2) is 6.61. The van der Waals surface area contributed by atoms with Crippen LogP contribution in [0.25, 0.3) is 11.1 Å². The number of hydrogen-bond acceptors (Lipinski definition) is 3. The van der Waals surface area contributed by atoms with Gasteiger partial charge in [-0.05, 0) is 34.2 Å². The van der Waals surface area contributed by atoms with Crippen molar-refractivity contribution < 1.29 is 13.9 Å². The maximum atomic E-state index is 11.1. The van der Waals surface area contributed by atoms with Crippen LogP contribution in [0, 0.1) is 0 Å². The zero-order chi connectivity index (χ0) is 13.7. The minimum absolute atomic E-state index is 0.140. The zero-order valence-corrected chi connectivity index (χ0v) is 11.2. The molecule has 19 heavy (non-hydrogen) atoms. The van der Waals surface area contributed by atoms with Gasteiger partial charge in [0.05, 0.1) is 0 Å². The monoisotopic (exact) mass is 275 g/mol. The fourth-order valence-electron chi connectivity index (χ4n) is 2.01. The Bertz CT molecular complexity index is 537. The molecule has 0 saturated carbocycles. The van der Waals surface area contributed by atoms with Gasteiger partial charge in [-0.3, -0.25) is 4.21 Å². The third-order valence-electron chi connectivity index (χ3n) is 3.01. The van der Waals surface area contributed by atoms with Crippen molar-refractivity contribution in [1.29, 1.82) is 0 Å². The van der Waals surface area contributed by atoms with Crippen LogP contribution in [0.15, 0.2) is 54.6 Å². The molecule has 0 aliphatic rings. The van der Waals surface area contributed by atoms with E-state index in [1.807, 2.05) is 42.5 Å². The van der Waals surface area contributed by atoms with Gasteiger partial charge in [0.15, 0.2) is 0 Å². The summed E-state index contributed by atoms with van der Waals surface area (Å²) in [5.74, 6) is 0. The lowest BCUT2D eigenvalue weighted by Crippen LogP contribution is -2.07. The lowest BCUT2D eigenvalue weighted by atomic mass is 10.0. The van der Waals surface area contributed by atoms with E-state index in [4.69, 9.17) is 5.11 Å². The van der Waals surface area contributed by atoms with E-state index in [0.29, 0.717) is 5.56 Å². The Morgan fingerprint density at radius 1 is 1.00 bits per heavy atom. The van der Waals surface area contributed by atoms with Crippen LogP contribution in [-0.2, 0) is 11.1 Å². The molecule has 100 valence electrons. The average Bonchev–Trinajstić information content (AvgIpc) is 2.46. The number of benzene rings is 2. The van der Waals surface area contributed by atoms with E-state index in [9.17, 15) is 8.76 Å². The van der Waals surface area contributed by atoms with E-state index in [1.165, 1.54) is 0 Å². The SMILES string of the molecule is O=S([O-])C(CCO)c1ccc(-c2ccccc2)cc1. The topological polar surface area (TPSA) is 60.4 Å². The molecule has 4 heteroatoms. The first-order valence-electron chi connectivity index (χ1n) is 6.06. The largest absolute Gasteiger partial charge is 0.772 e. The summed E-state index contributed by atoms with van der Waals surface area (Å²) in [5.41, 5.74) is 2.85. The van der Waals surface area contributed by atoms with Crippen LogP contribution in [0.5, 0.6) is 0 Å². The maximum Gasteiger partial charge on any atom is 0.0486 e. The Morgan fingerprint density at radius 2 is 1.58 bits per heavy atom. The molecule has 0 saturated heterocycles. The van der Waals surface area contributed by atoms with Crippen LogP contribution in [-0.4, -0.2) is 20.5 Å². The summed E-state index contributed by atoms with van der Waals surface area (Å²) in [6, 6.07) is 17.3. The highest BCUT2D eigenvalue weighted by atomic mass is 32.2. The van der Waals surface area contributed by atoms with Gasteiger partial charge in [-0.1, -0.05) is 54.6 Å². The van der Waals surface area contributed by atoms with E-state index in [1.54, 1.807) is 12.1 Å². The van der Waals surface area contributed by atoms with Crippen molar-refractivity contribution in [3.8, 4) is 11.1 Å². The Morgan fingerprint density at radius 3 is 2.11 bits per heavy atom. The highest BCUT2D eigenvalue weighted by Gasteiger charge is 2.11. The fraction of sp³-hybridized carbons (Fsp3) is 0.200. The molecule has 0 radical (unpaired) electrons.